The van der Waals surface area contributed by atoms with Crippen LogP contribution in [0.2, 0.25) is 0 Å². The fourth-order valence-electron chi connectivity index (χ4n) is 1.64. The van der Waals surface area contributed by atoms with Crippen molar-refractivity contribution in [1.82, 2.24) is 10.2 Å². The molecule has 0 saturated heterocycles. The first-order chi connectivity index (χ1) is 8.66. The molecule has 0 heterocycles. The van der Waals surface area contributed by atoms with E-state index >= 15 is 0 Å². The van der Waals surface area contributed by atoms with E-state index in [0.29, 0.717) is 12.5 Å². The molecule has 6 heteroatoms. The quantitative estimate of drug-likeness (QED) is 0.678. The average Bonchev–Trinajstić information content (AvgIpc) is 2.25. The molecule has 0 aromatic carbocycles. The summed E-state index contributed by atoms with van der Waals surface area (Å²) in [4.78, 5) is 25.4. The second-order valence-electron chi connectivity index (χ2n) is 5.52. The van der Waals surface area contributed by atoms with Gasteiger partial charge in [0.2, 0.25) is 11.8 Å². The lowest BCUT2D eigenvalue weighted by molar-refractivity contribution is -0.137. The minimum Gasteiger partial charge on any atom is -0.393 e. The number of thiocarbonyl (C=S) groups is 1. The fourth-order valence-corrected chi connectivity index (χ4v) is 2.01. The summed E-state index contributed by atoms with van der Waals surface area (Å²) < 4.78 is 0. The van der Waals surface area contributed by atoms with Gasteiger partial charge in [-0.1, -0.05) is 39.9 Å². The number of rotatable bonds is 7. The summed E-state index contributed by atoms with van der Waals surface area (Å²) >= 11 is 4.92. The Labute approximate surface area is 120 Å². The number of hydrogen-bond donors (Lipinski definition) is 2. The van der Waals surface area contributed by atoms with Gasteiger partial charge in [0.05, 0.1) is 17.5 Å². The molecule has 5 nitrogen and oxygen atoms in total. The van der Waals surface area contributed by atoms with Crippen molar-refractivity contribution in [2.75, 3.05) is 20.1 Å². The van der Waals surface area contributed by atoms with Crippen LogP contribution in [-0.4, -0.2) is 41.8 Å². The van der Waals surface area contributed by atoms with E-state index in [1.165, 1.54) is 4.90 Å². The van der Waals surface area contributed by atoms with Gasteiger partial charge in [-0.15, -0.1) is 0 Å². The van der Waals surface area contributed by atoms with E-state index in [1.807, 2.05) is 27.7 Å². The minimum absolute atomic E-state index is 0.0196. The van der Waals surface area contributed by atoms with Gasteiger partial charge in [-0.05, 0) is 11.8 Å². The summed E-state index contributed by atoms with van der Waals surface area (Å²) in [6.45, 7) is 8.41. The first kappa shape index (κ1) is 17.8. The van der Waals surface area contributed by atoms with E-state index in [1.54, 1.807) is 7.05 Å². The zero-order valence-electron chi connectivity index (χ0n) is 12.4. The molecule has 0 saturated carbocycles. The SMILES string of the molecule is CC(C)CNC(=O)CN(C)C(=O)C(C(N)=S)C(C)C. The fraction of sp³-hybridized carbons (Fsp3) is 0.769. The lowest BCUT2D eigenvalue weighted by Crippen LogP contribution is -2.46. The van der Waals surface area contributed by atoms with Crippen LogP contribution < -0.4 is 11.1 Å². The molecule has 19 heavy (non-hydrogen) atoms. The number of amides is 2. The lowest BCUT2D eigenvalue weighted by atomic mass is 9.94. The minimum atomic E-state index is -0.516. The molecule has 0 aliphatic carbocycles. The number of carbonyl (C=O) groups is 2. The topological polar surface area (TPSA) is 75.4 Å². The van der Waals surface area contributed by atoms with Gasteiger partial charge >= 0.3 is 0 Å². The summed E-state index contributed by atoms with van der Waals surface area (Å²) in [5.41, 5.74) is 5.59. The van der Waals surface area contributed by atoms with Gasteiger partial charge in [-0.3, -0.25) is 9.59 Å². The van der Waals surface area contributed by atoms with Crippen molar-refractivity contribution in [3.8, 4) is 0 Å². The number of nitrogens with zero attached hydrogens (tertiary/aromatic N) is 1. The third-order valence-electron chi connectivity index (χ3n) is 2.70. The molecular weight excluding hydrogens is 262 g/mol. The smallest absolute Gasteiger partial charge is 0.239 e. The van der Waals surface area contributed by atoms with E-state index in [9.17, 15) is 9.59 Å². The second kappa shape index (κ2) is 8.09. The van der Waals surface area contributed by atoms with Crippen LogP contribution in [0.4, 0.5) is 0 Å². The van der Waals surface area contributed by atoms with Crippen LogP contribution in [0.25, 0.3) is 0 Å². The first-order valence-electron chi connectivity index (χ1n) is 6.47. The molecule has 3 N–H and O–H groups in total. The van der Waals surface area contributed by atoms with E-state index in [0.717, 1.165) is 0 Å². The maximum absolute atomic E-state index is 12.2. The third-order valence-corrected chi connectivity index (χ3v) is 2.96. The van der Waals surface area contributed by atoms with E-state index in [-0.39, 0.29) is 29.3 Å². The van der Waals surface area contributed by atoms with Gasteiger partial charge in [0.15, 0.2) is 0 Å². The van der Waals surface area contributed by atoms with Crippen LogP contribution in [0.3, 0.4) is 0 Å². The Kier molecular flexibility index (Phi) is 7.59. The number of likely N-dealkylation sites (N-methyl/N-ethyl adjacent to an activating group) is 1. The Morgan fingerprint density at radius 3 is 2.16 bits per heavy atom. The molecule has 0 aliphatic heterocycles. The van der Waals surface area contributed by atoms with Crippen molar-refractivity contribution in [3.05, 3.63) is 0 Å². The number of hydrogen-bond acceptors (Lipinski definition) is 3. The van der Waals surface area contributed by atoms with Crippen molar-refractivity contribution < 1.29 is 9.59 Å². The Hall–Kier alpha value is -1.17. The van der Waals surface area contributed by atoms with Crippen molar-refractivity contribution in [2.45, 2.75) is 27.7 Å². The summed E-state index contributed by atoms with van der Waals surface area (Å²) in [7, 11) is 1.59. The van der Waals surface area contributed by atoms with Crippen LogP contribution in [0, 0.1) is 17.8 Å². The highest BCUT2D eigenvalue weighted by Crippen LogP contribution is 2.14. The van der Waals surface area contributed by atoms with Crippen LogP contribution >= 0.6 is 12.2 Å². The number of nitrogens with one attached hydrogen (secondary N) is 1. The van der Waals surface area contributed by atoms with Gasteiger partial charge in [0.25, 0.3) is 0 Å². The molecule has 0 spiro atoms. The number of carbonyl (C=O) groups excluding carboxylic acids is 2. The Bertz CT molecular complexity index is 343. The number of nitrogens with two attached hydrogens (primary N) is 1. The van der Waals surface area contributed by atoms with Crippen LogP contribution in [-0.2, 0) is 9.59 Å². The normalized spacial score (nSPS) is 12.4. The molecular formula is C13H25N3O2S. The molecule has 0 fully saturated rings. The van der Waals surface area contributed by atoms with Crippen LogP contribution in [0.15, 0.2) is 0 Å². The van der Waals surface area contributed by atoms with E-state index < -0.39 is 5.92 Å². The van der Waals surface area contributed by atoms with Crippen LogP contribution in [0.5, 0.6) is 0 Å². The predicted molar refractivity (Wildman–Crippen MR) is 80.6 cm³/mol. The summed E-state index contributed by atoms with van der Waals surface area (Å²) in [5, 5.41) is 2.77. The van der Waals surface area contributed by atoms with Crippen molar-refractivity contribution >= 4 is 29.0 Å². The highest BCUT2D eigenvalue weighted by Gasteiger charge is 2.28. The largest absolute Gasteiger partial charge is 0.393 e. The highest BCUT2D eigenvalue weighted by atomic mass is 32.1. The monoisotopic (exact) mass is 287 g/mol. The maximum Gasteiger partial charge on any atom is 0.239 e. The third kappa shape index (κ3) is 6.52. The van der Waals surface area contributed by atoms with Crippen molar-refractivity contribution in [1.29, 1.82) is 0 Å². The molecule has 0 aromatic heterocycles. The van der Waals surface area contributed by atoms with Gasteiger partial charge in [-0.25, -0.2) is 0 Å². The van der Waals surface area contributed by atoms with Gasteiger partial charge < -0.3 is 16.0 Å². The summed E-state index contributed by atoms with van der Waals surface area (Å²) in [6.07, 6.45) is 0. The highest BCUT2D eigenvalue weighted by molar-refractivity contribution is 7.80. The molecule has 110 valence electrons. The van der Waals surface area contributed by atoms with Crippen molar-refractivity contribution in [2.24, 2.45) is 23.5 Å². The maximum atomic E-state index is 12.2. The summed E-state index contributed by atoms with van der Waals surface area (Å²) in [6, 6.07) is 0. The lowest BCUT2D eigenvalue weighted by Gasteiger charge is -2.25. The van der Waals surface area contributed by atoms with Crippen LogP contribution in [0.1, 0.15) is 27.7 Å². The Balaban J connectivity index is 4.48. The van der Waals surface area contributed by atoms with Gasteiger partial charge in [0, 0.05) is 13.6 Å². The van der Waals surface area contributed by atoms with Gasteiger partial charge in [0.1, 0.15) is 0 Å². The average molecular weight is 287 g/mol. The first-order valence-corrected chi connectivity index (χ1v) is 6.88. The van der Waals surface area contributed by atoms with Gasteiger partial charge in [-0.2, -0.15) is 0 Å². The Morgan fingerprint density at radius 2 is 1.79 bits per heavy atom. The molecule has 1 atom stereocenters. The standard InChI is InChI=1S/C13H25N3O2S/c1-8(2)6-15-10(17)7-16(5)13(18)11(9(3)4)12(14)19/h8-9,11H,6-7H2,1-5H3,(H2,14,19)(H,15,17). The second-order valence-corrected chi connectivity index (χ2v) is 5.99. The molecule has 0 rings (SSSR count). The van der Waals surface area contributed by atoms with E-state index in [2.05, 4.69) is 5.32 Å². The summed E-state index contributed by atoms with van der Waals surface area (Å²) in [5.74, 6) is -0.494. The molecule has 0 aromatic rings. The molecule has 0 bridgehead atoms. The predicted octanol–water partition coefficient (Wildman–Crippen LogP) is 0.775. The Morgan fingerprint density at radius 1 is 1.26 bits per heavy atom. The zero-order valence-corrected chi connectivity index (χ0v) is 13.2. The molecule has 1 unspecified atom stereocenters. The van der Waals surface area contributed by atoms with Crippen molar-refractivity contribution in [3.63, 3.8) is 0 Å². The molecule has 0 radical (unpaired) electrons. The molecule has 0 aliphatic rings. The molecule has 2 amide bonds. The zero-order chi connectivity index (χ0) is 15.2. The van der Waals surface area contributed by atoms with E-state index in [4.69, 9.17) is 18.0 Å².